The molecule has 24 heavy (non-hydrogen) atoms. The smallest absolute Gasteiger partial charge is 0.213 e. The van der Waals surface area contributed by atoms with Crippen LogP contribution in [-0.4, -0.2) is 55.6 Å². The standard InChI is InChI=1S/C14H20N4O3S3/c1-18(2)24(19,20)10-4-9-22-14-17-16-13(23-14)15-11-5-7-12(21-3)8-6-11/h5-8H,4,9-10H2,1-3H3,(H,15,16). The van der Waals surface area contributed by atoms with Crippen molar-refractivity contribution in [3.8, 4) is 5.75 Å². The van der Waals surface area contributed by atoms with Crippen molar-refractivity contribution >= 4 is 43.9 Å². The molecule has 2 rings (SSSR count). The van der Waals surface area contributed by atoms with E-state index in [4.69, 9.17) is 4.74 Å². The van der Waals surface area contributed by atoms with Crippen LogP contribution in [0.15, 0.2) is 28.6 Å². The number of hydrogen-bond acceptors (Lipinski definition) is 8. The average Bonchev–Trinajstić information content (AvgIpc) is 2.99. The summed E-state index contributed by atoms with van der Waals surface area (Å²) in [5, 5.41) is 12.1. The van der Waals surface area contributed by atoms with E-state index in [1.54, 1.807) is 21.2 Å². The number of thioether (sulfide) groups is 1. The predicted molar refractivity (Wildman–Crippen MR) is 99.0 cm³/mol. The molecule has 0 fully saturated rings. The first-order valence-corrected chi connectivity index (χ1v) is 10.6. The summed E-state index contributed by atoms with van der Waals surface area (Å²) in [5.74, 6) is 1.62. The number of benzene rings is 1. The van der Waals surface area contributed by atoms with Crippen molar-refractivity contribution in [1.29, 1.82) is 0 Å². The summed E-state index contributed by atoms with van der Waals surface area (Å²) >= 11 is 2.95. The van der Waals surface area contributed by atoms with Crippen LogP contribution < -0.4 is 10.1 Å². The topological polar surface area (TPSA) is 84.4 Å². The van der Waals surface area contributed by atoms with Gasteiger partial charge in [-0.1, -0.05) is 23.1 Å². The molecule has 0 atom stereocenters. The Bertz CT molecular complexity index is 745. The van der Waals surface area contributed by atoms with Gasteiger partial charge in [-0.2, -0.15) is 0 Å². The van der Waals surface area contributed by atoms with Crippen molar-refractivity contribution in [3.63, 3.8) is 0 Å². The Morgan fingerprint density at radius 2 is 1.96 bits per heavy atom. The first-order chi connectivity index (χ1) is 11.4. The molecule has 0 aliphatic heterocycles. The molecule has 0 bridgehead atoms. The molecular formula is C14H20N4O3S3. The zero-order valence-corrected chi connectivity index (χ0v) is 16.2. The third kappa shape index (κ3) is 5.62. The number of nitrogens with zero attached hydrogens (tertiary/aromatic N) is 3. The van der Waals surface area contributed by atoms with Gasteiger partial charge in [0.15, 0.2) is 4.34 Å². The summed E-state index contributed by atoms with van der Waals surface area (Å²) in [7, 11) is 1.59. The lowest BCUT2D eigenvalue weighted by Gasteiger charge is -2.10. The molecule has 10 heteroatoms. The van der Waals surface area contributed by atoms with E-state index in [1.165, 1.54) is 27.4 Å². The van der Waals surface area contributed by atoms with Gasteiger partial charge in [-0.25, -0.2) is 12.7 Å². The number of rotatable bonds is 9. The van der Waals surface area contributed by atoms with E-state index in [-0.39, 0.29) is 5.75 Å². The molecule has 7 nitrogen and oxygen atoms in total. The van der Waals surface area contributed by atoms with Gasteiger partial charge in [-0.3, -0.25) is 0 Å². The Balaban J connectivity index is 1.80. The Hall–Kier alpha value is -1.36. The second kappa shape index (κ2) is 8.65. The molecule has 0 unspecified atom stereocenters. The summed E-state index contributed by atoms with van der Waals surface area (Å²) in [6.45, 7) is 0. The zero-order chi connectivity index (χ0) is 17.6. The minimum absolute atomic E-state index is 0.142. The Morgan fingerprint density at radius 1 is 1.25 bits per heavy atom. The van der Waals surface area contributed by atoms with Crippen LogP contribution in [0.4, 0.5) is 10.8 Å². The number of sulfonamides is 1. The molecule has 1 heterocycles. The molecule has 2 aromatic rings. The number of nitrogens with one attached hydrogen (secondary N) is 1. The fourth-order valence-electron chi connectivity index (χ4n) is 1.70. The highest BCUT2D eigenvalue weighted by Crippen LogP contribution is 2.28. The van der Waals surface area contributed by atoms with Crippen molar-refractivity contribution in [1.82, 2.24) is 14.5 Å². The lowest BCUT2D eigenvalue weighted by Crippen LogP contribution is -2.25. The van der Waals surface area contributed by atoms with Crippen molar-refractivity contribution in [2.45, 2.75) is 10.8 Å². The van der Waals surface area contributed by atoms with E-state index in [1.807, 2.05) is 24.3 Å². The van der Waals surface area contributed by atoms with Crippen molar-refractivity contribution < 1.29 is 13.2 Å². The third-order valence-electron chi connectivity index (χ3n) is 3.08. The van der Waals surface area contributed by atoms with Crippen molar-refractivity contribution in [3.05, 3.63) is 24.3 Å². The number of anilines is 2. The van der Waals surface area contributed by atoms with Gasteiger partial charge in [-0.15, -0.1) is 10.2 Å². The monoisotopic (exact) mass is 388 g/mol. The Kier molecular flexibility index (Phi) is 6.84. The molecule has 0 aliphatic carbocycles. The van der Waals surface area contributed by atoms with Gasteiger partial charge in [0.05, 0.1) is 12.9 Å². The van der Waals surface area contributed by atoms with E-state index in [9.17, 15) is 8.42 Å². The molecule has 1 aromatic carbocycles. The van der Waals surface area contributed by atoms with Gasteiger partial charge in [0, 0.05) is 25.5 Å². The number of ether oxygens (including phenoxy) is 1. The maximum absolute atomic E-state index is 11.7. The molecule has 1 N–H and O–H groups in total. The quantitative estimate of drug-likeness (QED) is 0.522. The molecule has 0 radical (unpaired) electrons. The lowest BCUT2D eigenvalue weighted by molar-refractivity contribution is 0.415. The van der Waals surface area contributed by atoms with E-state index in [2.05, 4.69) is 15.5 Å². The van der Waals surface area contributed by atoms with Crippen molar-refractivity contribution in [2.24, 2.45) is 0 Å². The molecular weight excluding hydrogens is 368 g/mol. The number of aromatic nitrogens is 2. The maximum Gasteiger partial charge on any atom is 0.213 e. The number of methoxy groups -OCH3 is 1. The van der Waals surface area contributed by atoms with Gasteiger partial charge in [0.2, 0.25) is 15.2 Å². The molecule has 0 amide bonds. The van der Waals surface area contributed by atoms with Crippen LogP contribution in [-0.2, 0) is 10.0 Å². The SMILES string of the molecule is COc1ccc(Nc2nnc(SCCCS(=O)(=O)N(C)C)s2)cc1. The van der Waals surface area contributed by atoms with Gasteiger partial charge >= 0.3 is 0 Å². The van der Waals surface area contributed by atoms with Crippen molar-refractivity contribution in [2.75, 3.05) is 38.0 Å². The maximum atomic E-state index is 11.7. The minimum Gasteiger partial charge on any atom is -0.497 e. The van der Waals surface area contributed by atoms with Gasteiger partial charge in [0.1, 0.15) is 5.75 Å². The molecule has 1 aromatic heterocycles. The fourth-order valence-corrected chi connectivity index (χ4v) is 4.54. The highest BCUT2D eigenvalue weighted by molar-refractivity contribution is 8.01. The fraction of sp³-hybridized carbons (Fsp3) is 0.429. The zero-order valence-electron chi connectivity index (χ0n) is 13.7. The normalized spacial score (nSPS) is 11.7. The van der Waals surface area contributed by atoms with E-state index in [0.717, 1.165) is 15.8 Å². The van der Waals surface area contributed by atoms with E-state index >= 15 is 0 Å². The van der Waals surface area contributed by atoms with Crippen LogP contribution in [0.3, 0.4) is 0 Å². The van der Waals surface area contributed by atoms with Crippen LogP contribution in [0.25, 0.3) is 0 Å². The summed E-state index contributed by atoms with van der Waals surface area (Å²) in [6, 6.07) is 7.53. The second-order valence-electron chi connectivity index (χ2n) is 5.03. The Labute approximate surface area is 150 Å². The highest BCUT2D eigenvalue weighted by Gasteiger charge is 2.13. The first kappa shape index (κ1) is 19.0. The van der Waals surface area contributed by atoms with E-state index in [0.29, 0.717) is 17.3 Å². The summed E-state index contributed by atoms with van der Waals surface area (Å²) in [4.78, 5) is 0. The van der Waals surface area contributed by atoms with Crippen LogP contribution in [0.1, 0.15) is 6.42 Å². The van der Waals surface area contributed by atoms with E-state index < -0.39 is 10.0 Å². The second-order valence-corrected chi connectivity index (χ2v) is 9.65. The van der Waals surface area contributed by atoms with Gasteiger partial charge in [-0.05, 0) is 30.7 Å². The van der Waals surface area contributed by atoms with Crippen LogP contribution >= 0.6 is 23.1 Å². The van der Waals surface area contributed by atoms with Gasteiger partial charge < -0.3 is 10.1 Å². The summed E-state index contributed by atoms with van der Waals surface area (Å²) in [5.41, 5.74) is 0.903. The van der Waals surface area contributed by atoms with Gasteiger partial charge in [0.25, 0.3) is 0 Å². The summed E-state index contributed by atoms with van der Waals surface area (Å²) in [6.07, 6.45) is 0.575. The largest absolute Gasteiger partial charge is 0.497 e. The minimum atomic E-state index is -3.13. The molecule has 0 saturated carbocycles. The predicted octanol–water partition coefficient (Wildman–Crippen LogP) is 2.66. The molecule has 0 aliphatic rings. The summed E-state index contributed by atoms with van der Waals surface area (Å²) < 4.78 is 30.5. The highest BCUT2D eigenvalue weighted by atomic mass is 32.2. The van der Waals surface area contributed by atoms with Crippen LogP contribution in [0.5, 0.6) is 5.75 Å². The third-order valence-corrected chi connectivity index (χ3v) is 7.05. The van der Waals surface area contributed by atoms with Crippen LogP contribution in [0, 0.1) is 0 Å². The average molecular weight is 389 g/mol. The Morgan fingerprint density at radius 3 is 2.58 bits per heavy atom. The lowest BCUT2D eigenvalue weighted by atomic mass is 10.3. The number of hydrogen-bond donors (Lipinski definition) is 1. The van der Waals surface area contributed by atoms with Crippen LogP contribution in [0.2, 0.25) is 0 Å². The first-order valence-electron chi connectivity index (χ1n) is 7.18. The molecule has 0 saturated heterocycles. The molecule has 132 valence electrons. The molecule has 0 spiro atoms.